The van der Waals surface area contributed by atoms with Crippen LogP contribution in [-0.4, -0.2) is 36.2 Å². The SMILES string of the molecule is CCCc1nn(C)c2c1nc(SCC(=O)O)n2CC1CC1. The average molecular weight is 308 g/mol. The molecule has 1 N–H and O–H groups in total. The Labute approximate surface area is 127 Å². The second-order valence-electron chi connectivity index (χ2n) is 5.62. The Morgan fingerprint density at radius 1 is 1.48 bits per heavy atom. The molecule has 0 amide bonds. The molecule has 0 atom stereocenters. The number of carboxylic acid groups (broad SMARTS) is 1. The van der Waals surface area contributed by atoms with Crippen LogP contribution in [-0.2, 0) is 24.8 Å². The van der Waals surface area contributed by atoms with E-state index < -0.39 is 5.97 Å². The second-order valence-corrected chi connectivity index (χ2v) is 6.57. The lowest BCUT2D eigenvalue weighted by atomic mass is 10.2. The van der Waals surface area contributed by atoms with E-state index >= 15 is 0 Å². The van der Waals surface area contributed by atoms with Crippen LogP contribution in [0.2, 0.25) is 0 Å². The molecular formula is C14H20N4O2S. The molecule has 6 nitrogen and oxygen atoms in total. The van der Waals surface area contributed by atoms with Crippen LogP contribution in [0.3, 0.4) is 0 Å². The molecule has 0 aromatic carbocycles. The molecule has 0 spiro atoms. The van der Waals surface area contributed by atoms with Crippen molar-refractivity contribution in [2.75, 3.05) is 5.75 Å². The van der Waals surface area contributed by atoms with E-state index in [1.165, 1.54) is 24.6 Å². The first-order valence-corrected chi connectivity index (χ1v) is 8.35. The molecule has 2 aromatic rings. The predicted molar refractivity (Wildman–Crippen MR) is 81.6 cm³/mol. The number of aliphatic carboxylic acids is 1. The van der Waals surface area contributed by atoms with Gasteiger partial charge in [0.2, 0.25) is 0 Å². The van der Waals surface area contributed by atoms with Crippen molar-refractivity contribution in [3.8, 4) is 0 Å². The number of rotatable bonds is 7. The maximum atomic E-state index is 10.8. The molecule has 7 heteroatoms. The van der Waals surface area contributed by atoms with Crippen LogP contribution in [0.25, 0.3) is 11.2 Å². The summed E-state index contributed by atoms with van der Waals surface area (Å²) in [7, 11) is 1.94. The molecule has 1 saturated carbocycles. The lowest BCUT2D eigenvalue weighted by Gasteiger charge is -2.07. The standard InChI is InChI=1S/C14H20N4O2S/c1-3-4-10-12-13(17(2)16-10)18(7-9-5-6-9)14(15-12)21-8-11(19)20/h9H,3-8H2,1-2H3,(H,19,20). The van der Waals surface area contributed by atoms with E-state index in [1.54, 1.807) is 0 Å². The van der Waals surface area contributed by atoms with Crippen LogP contribution < -0.4 is 0 Å². The van der Waals surface area contributed by atoms with Crippen LogP contribution in [0.5, 0.6) is 0 Å². The Hall–Kier alpha value is -1.50. The molecule has 21 heavy (non-hydrogen) atoms. The lowest BCUT2D eigenvalue weighted by molar-refractivity contribution is -0.133. The van der Waals surface area contributed by atoms with E-state index in [4.69, 9.17) is 5.11 Å². The summed E-state index contributed by atoms with van der Waals surface area (Å²) < 4.78 is 4.05. The van der Waals surface area contributed by atoms with E-state index in [0.29, 0.717) is 5.92 Å². The molecule has 114 valence electrons. The van der Waals surface area contributed by atoms with E-state index in [0.717, 1.165) is 41.4 Å². The van der Waals surface area contributed by atoms with E-state index in [9.17, 15) is 4.79 Å². The third-order valence-corrected chi connectivity index (χ3v) is 4.67. The highest BCUT2D eigenvalue weighted by Gasteiger charge is 2.27. The summed E-state index contributed by atoms with van der Waals surface area (Å²) in [6.45, 7) is 3.05. The number of carboxylic acids is 1. The van der Waals surface area contributed by atoms with Crippen molar-refractivity contribution < 1.29 is 9.90 Å². The number of aromatic nitrogens is 4. The zero-order chi connectivity index (χ0) is 15.0. The van der Waals surface area contributed by atoms with Gasteiger partial charge < -0.3 is 9.67 Å². The molecule has 0 saturated heterocycles. The number of fused-ring (bicyclic) bond motifs is 1. The van der Waals surface area contributed by atoms with Gasteiger partial charge in [0.05, 0.1) is 11.4 Å². The first-order chi connectivity index (χ1) is 10.1. The molecule has 1 aliphatic rings. The van der Waals surface area contributed by atoms with Crippen molar-refractivity contribution in [1.82, 2.24) is 19.3 Å². The molecule has 0 bridgehead atoms. The van der Waals surface area contributed by atoms with Gasteiger partial charge in [-0.05, 0) is 25.2 Å². The topological polar surface area (TPSA) is 72.9 Å². The fourth-order valence-corrected chi connectivity index (χ4v) is 3.31. The molecule has 2 heterocycles. The van der Waals surface area contributed by atoms with Crippen molar-refractivity contribution >= 4 is 28.9 Å². The highest BCUT2D eigenvalue weighted by molar-refractivity contribution is 7.99. The van der Waals surface area contributed by atoms with Gasteiger partial charge in [-0.2, -0.15) is 5.10 Å². The molecular weight excluding hydrogens is 288 g/mol. The van der Waals surface area contributed by atoms with Gasteiger partial charge in [-0.3, -0.25) is 9.48 Å². The predicted octanol–water partition coefficient (Wildman–Crippen LogP) is 2.31. The van der Waals surface area contributed by atoms with Gasteiger partial charge in [0.1, 0.15) is 5.52 Å². The normalized spacial score (nSPS) is 15.0. The Bertz CT molecular complexity index is 672. The summed E-state index contributed by atoms with van der Waals surface area (Å²) in [4.78, 5) is 15.5. The van der Waals surface area contributed by atoms with Crippen LogP contribution in [0.4, 0.5) is 0 Å². The van der Waals surface area contributed by atoms with E-state index in [-0.39, 0.29) is 5.75 Å². The molecule has 3 rings (SSSR count). The van der Waals surface area contributed by atoms with Crippen molar-refractivity contribution in [3.05, 3.63) is 5.69 Å². The number of hydrogen-bond donors (Lipinski definition) is 1. The Morgan fingerprint density at radius 2 is 2.24 bits per heavy atom. The Kier molecular flexibility index (Phi) is 3.93. The summed E-state index contributed by atoms with van der Waals surface area (Å²) >= 11 is 1.30. The highest BCUT2D eigenvalue weighted by Crippen LogP contribution is 2.35. The molecule has 0 radical (unpaired) electrons. The van der Waals surface area contributed by atoms with Gasteiger partial charge in [0, 0.05) is 13.6 Å². The number of hydrogen-bond acceptors (Lipinski definition) is 4. The molecule has 0 unspecified atom stereocenters. The third-order valence-electron chi connectivity index (χ3n) is 3.71. The summed E-state index contributed by atoms with van der Waals surface area (Å²) in [5.74, 6) is -0.0575. The zero-order valence-electron chi connectivity index (χ0n) is 12.4. The highest BCUT2D eigenvalue weighted by atomic mass is 32.2. The third kappa shape index (κ3) is 2.92. The monoisotopic (exact) mass is 308 g/mol. The van der Waals surface area contributed by atoms with Gasteiger partial charge in [-0.1, -0.05) is 25.1 Å². The lowest BCUT2D eigenvalue weighted by Crippen LogP contribution is -2.07. The van der Waals surface area contributed by atoms with Gasteiger partial charge in [0.25, 0.3) is 0 Å². The minimum Gasteiger partial charge on any atom is -0.481 e. The van der Waals surface area contributed by atoms with Crippen molar-refractivity contribution in [2.24, 2.45) is 13.0 Å². The average Bonchev–Trinajstić information content (AvgIpc) is 3.09. The second kappa shape index (κ2) is 5.71. The van der Waals surface area contributed by atoms with Crippen LogP contribution >= 0.6 is 11.8 Å². The van der Waals surface area contributed by atoms with E-state index in [1.807, 2.05) is 11.7 Å². The molecule has 1 aliphatic carbocycles. The van der Waals surface area contributed by atoms with Crippen molar-refractivity contribution in [2.45, 2.75) is 44.3 Å². The largest absolute Gasteiger partial charge is 0.481 e. The van der Waals surface area contributed by atoms with Crippen molar-refractivity contribution in [3.63, 3.8) is 0 Å². The van der Waals surface area contributed by atoms with E-state index in [2.05, 4.69) is 21.6 Å². The zero-order valence-corrected chi connectivity index (χ0v) is 13.2. The maximum Gasteiger partial charge on any atom is 0.313 e. The first-order valence-electron chi connectivity index (χ1n) is 7.36. The Balaban J connectivity index is 2.02. The minimum absolute atomic E-state index is 0.0462. The minimum atomic E-state index is -0.808. The van der Waals surface area contributed by atoms with Gasteiger partial charge in [-0.25, -0.2) is 4.98 Å². The molecule has 0 aliphatic heterocycles. The summed E-state index contributed by atoms with van der Waals surface area (Å²) in [5.41, 5.74) is 2.98. The summed E-state index contributed by atoms with van der Waals surface area (Å²) in [5, 5.41) is 14.3. The van der Waals surface area contributed by atoms with Crippen LogP contribution in [0.15, 0.2) is 5.16 Å². The van der Waals surface area contributed by atoms with Gasteiger partial charge >= 0.3 is 5.97 Å². The smallest absolute Gasteiger partial charge is 0.313 e. The molecule has 1 fully saturated rings. The Morgan fingerprint density at radius 3 is 2.86 bits per heavy atom. The first kappa shape index (κ1) is 14.4. The maximum absolute atomic E-state index is 10.8. The summed E-state index contributed by atoms with van der Waals surface area (Å²) in [6.07, 6.45) is 4.44. The number of aryl methyl sites for hydroxylation is 2. The number of nitrogens with zero attached hydrogens (tertiary/aromatic N) is 4. The van der Waals surface area contributed by atoms with Crippen molar-refractivity contribution in [1.29, 1.82) is 0 Å². The van der Waals surface area contributed by atoms with Gasteiger partial charge in [-0.15, -0.1) is 0 Å². The number of imidazole rings is 1. The fourth-order valence-electron chi connectivity index (χ4n) is 2.59. The van der Waals surface area contributed by atoms with Crippen LogP contribution in [0, 0.1) is 5.92 Å². The van der Waals surface area contributed by atoms with Crippen LogP contribution in [0.1, 0.15) is 31.9 Å². The number of thioether (sulfide) groups is 1. The van der Waals surface area contributed by atoms with Gasteiger partial charge in [0.15, 0.2) is 10.8 Å². The summed E-state index contributed by atoms with van der Waals surface area (Å²) in [6, 6.07) is 0. The number of carbonyl (C=O) groups is 1. The quantitative estimate of drug-likeness (QED) is 0.795. The molecule has 2 aromatic heterocycles. The fraction of sp³-hybridized carbons (Fsp3) is 0.643.